The van der Waals surface area contributed by atoms with Crippen LogP contribution in [-0.2, 0) is 14.8 Å². The standard InChI is InChI=1S/C14H17N3O3S2/c1-9(2)13(20-4)17-22(18,19)14-15-12(16-21-14)11-8-6-5-7-10(11)3/h5-9H,1-4H3. The molecule has 1 aromatic heterocycles. The summed E-state index contributed by atoms with van der Waals surface area (Å²) < 4.78 is 37.3. The Hall–Kier alpha value is -1.80. The summed E-state index contributed by atoms with van der Waals surface area (Å²) in [6.45, 7) is 5.53. The Morgan fingerprint density at radius 2 is 2.00 bits per heavy atom. The maximum atomic E-state index is 12.3. The minimum absolute atomic E-state index is 0.136. The van der Waals surface area contributed by atoms with Gasteiger partial charge in [-0.2, -0.15) is 12.8 Å². The van der Waals surface area contributed by atoms with Crippen LogP contribution >= 0.6 is 11.5 Å². The Morgan fingerprint density at radius 3 is 2.59 bits per heavy atom. The number of aryl methyl sites for hydroxylation is 1. The fourth-order valence-electron chi connectivity index (χ4n) is 1.78. The van der Waals surface area contributed by atoms with Crippen LogP contribution in [0.4, 0.5) is 0 Å². The number of benzene rings is 1. The third kappa shape index (κ3) is 3.50. The molecule has 8 heteroatoms. The molecular weight excluding hydrogens is 322 g/mol. The fraction of sp³-hybridized carbons (Fsp3) is 0.357. The summed E-state index contributed by atoms with van der Waals surface area (Å²) in [4.78, 5) is 4.12. The molecule has 0 saturated carbocycles. The molecule has 0 bridgehead atoms. The van der Waals surface area contributed by atoms with E-state index in [9.17, 15) is 8.42 Å². The van der Waals surface area contributed by atoms with Crippen molar-refractivity contribution >= 4 is 27.5 Å². The van der Waals surface area contributed by atoms with Gasteiger partial charge in [0.2, 0.25) is 5.90 Å². The van der Waals surface area contributed by atoms with Crippen LogP contribution in [0.15, 0.2) is 33.0 Å². The van der Waals surface area contributed by atoms with E-state index >= 15 is 0 Å². The molecule has 6 nitrogen and oxygen atoms in total. The van der Waals surface area contributed by atoms with Crippen LogP contribution in [0.1, 0.15) is 19.4 Å². The van der Waals surface area contributed by atoms with E-state index in [1.165, 1.54) is 7.11 Å². The molecule has 22 heavy (non-hydrogen) atoms. The first kappa shape index (κ1) is 16.6. The largest absolute Gasteiger partial charge is 0.483 e. The highest BCUT2D eigenvalue weighted by Gasteiger charge is 2.22. The van der Waals surface area contributed by atoms with Crippen LogP contribution in [0.5, 0.6) is 0 Å². The van der Waals surface area contributed by atoms with Crippen molar-refractivity contribution in [3.8, 4) is 11.4 Å². The van der Waals surface area contributed by atoms with Crippen molar-refractivity contribution in [3.63, 3.8) is 0 Å². The van der Waals surface area contributed by atoms with Crippen LogP contribution < -0.4 is 0 Å². The second kappa shape index (κ2) is 6.53. The Kier molecular flexibility index (Phi) is 4.92. The second-order valence-corrected chi connectivity index (χ2v) is 7.49. The molecule has 2 rings (SSSR count). The number of sulfonamides is 1. The highest BCUT2D eigenvalue weighted by atomic mass is 32.2. The lowest BCUT2D eigenvalue weighted by molar-refractivity contribution is 0.376. The van der Waals surface area contributed by atoms with Crippen molar-refractivity contribution in [2.75, 3.05) is 7.11 Å². The minimum atomic E-state index is -3.91. The normalized spacial score (nSPS) is 12.7. The van der Waals surface area contributed by atoms with Gasteiger partial charge in [0.1, 0.15) is 0 Å². The summed E-state index contributed by atoms with van der Waals surface area (Å²) in [5, 5.41) is 0. The van der Waals surface area contributed by atoms with Crippen LogP contribution in [0.25, 0.3) is 11.4 Å². The van der Waals surface area contributed by atoms with Crippen LogP contribution in [0.3, 0.4) is 0 Å². The Bertz CT molecular complexity index is 795. The highest BCUT2D eigenvalue weighted by molar-refractivity contribution is 7.92. The predicted molar refractivity (Wildman–Crippen MR) is 86.5 cm³/mol. The van der Waals surface area contributed by atoms with Crippen LogP contribution in [-0.4, -0.2) is 30.8 Å². The lowest BCUT2D eigenvalue weighted by atomic mass is 10.1. The van der Waals surface area contributed by atoms with Crippen molar-refractivity contribution in [2.45, 2.75) is 25.1 Å². The summed E-state index contributed by atoms with van der Waals surface area (Å²) >= 11 is 0.813. The number of hydrogen-bond acceptors (Lipinski definition) is 6. The highest BCUT2D eigenvalue weighted by Crippen LogP contribution is 2.25. The molecule has 0 spiro atoms. The molecule has 0 aliphatic carbocycles. The third-order valence-corrected chi connectivity index (χ3v) is 5.25. The molecule has 1 heterocycles. The van der Waals surface area contributed by atoms with Gasteiger partial charge in [0.25, 0.3) is 4.34 Å². The molecule has 0 atom stereocenters. The van der Waals surface area contributed by atoms with Gasteiger partial charge in [-0.05, 0) is 12.5 Å². The van der Waals surface area contributed by atoms with Crippen molar-refractivity contribution in [1.29, 1.82) is 0 Å². The SMILES string of the molecule is COC(=NS(=O)(=O)c1nc(-c2ccccc2C)ns1)C(C)C. The number of hydrogen-bond donors (Lipinski definition) is 0. The van der Waals surface area contributed by atoms with Gasteiger partial charge in [0, 0.05) is 23.0 Å². The number of aromatic nitrogens is 2. The zero-order valence-corrected chi connectivity index (χ0v) is 14.4. The molecule has 2 aromatic rings. The molecule has 0 unspecified atom stereocenters. The van der Waals surface area contributed by atoms with Gasteiger partial charge in [-0.15, -0.1) is 4.40 Å². The third-order valence-electron chi connectivity index (χ3n) is 2.93. The Morgan fingerprint density at radius 1 is 1.32 bits per heavy atom. The summed E-state index contributed by atoms with van der Waals surface area (Å²) in [7, 11) is -2.51. The first-order valence-electron chi connectivity index (χ1n) is 6.63. The van der Waals surface area contributed by atoms with Gasteiger partial charge in [0.05, 0.1) is 7.11 Å². The minimum Gasteiger partial charge on any atom is -0.483 e. The van der Waals surface area contributed by atoms with E-state index in [1.807, 2.05) is 31.2 Å². The molecule has 1 aromatic carbocycles. The summed E-state index contributed by atoms with van der Waals surface area (Å²) in [5.74, 6) is 0.400. The van der Waals surface area contributed by atoms with Crippen molar-refractivity contribution < 1.29 is 13.2 Å². The van der Waals surface area contributed by atoms with Gasteiger partial charge < -0.3 is 4.74 Å². The molecular formula is C14H17N3O3S2. The fourth-order valence-corrected chi connectivity index (χ4v) is 3.62. The second-order valence-electron chi connectivity index (χ2n) is 4.96. The maximum Gasteiger partial charge on any atom is 0.314 e. The average molecular weight is 339 g/mol. The number of nitrogens with zero attached hydrogens (tertiary/aromatic N) is 3. The smallest absolute Gasteiger partial charge is 0.314 e. The van der Waals surface area contributed by atoms with Gasteiger partial charge in [-0.1, -0.05) is 38.1 Å². The molecule has 0 aliphatic rings. The maximum absolute atomic E-state index is 12.3. The zero-order valence-electron chi connectivity index (χ0n) is 12.8. The van der Waals surface area contributed by atoms with E-state index in [4.69, 9.17) is 4.74 Å². The van der Waals surface area contributed by atoms with E-state index in [0.717, 1.165) is 22.7 Å². The van der Waals surface area contributed by atoms with Crippen molar-refractivity contribution in [3.05, 3.63) is 29.8 Å². The van der Waals surface area contributed by atoms with Crippen LogP contribution in [0, 0.1) is 12.8 Å². The quantitative estimate of drug-likeness (QED) is 0.632. The number of rotatable bonds is 4. The number of ether oxygens (including phenoxy) is 1. The average Bonchev–Trinajstić information content (AvgIpc) is 2.95. The molecule has 0 fully saturated rings. The van der Waals surface area contributed by atoms with Gasteiger partial charge >= 0.3 is 10.0 Å². The summed E-state index contributed by atoms with van der Waals surface area (Å²) in [5.41, 5.74) is 1.78. The van der Waals surface area contributed by atoms with E-state index in [0.29, 0.717) is 5.82 Å². The zero-order chi connectivity index (χ0) is 16.3. The monoisotopic (exact) mass is 339 g/mol. The van der Waals surface area contributed by atoms with Gasteiger partial charge in [-0.3, -0.25) is 0 Å². The Labute approximate surface area is 134 Å². The lowest BCUT2D eigenvalue weighted by Gasteiger charge is -2.06. The van der Waals surface area contributed by atoms with Gasteiger partial charge in [-0.25, -0.2) is 4.98 Å². The van der Waals surface area contributed by atoms with E-state index < -0.39 is 10.0 Å². The van der Waals surface area contributed by atoms with E-state index in [2.05, 4.69) is 13.8 Å². The molecule has 0 amide bonds. The van der Waals surface area contributed by atoms with E-state index in [-0.39, 0.29) is 16.2 Å². The number of methoxy groups -OCH3 is 1. The first-order valence-corrected chi connectivity index (χ1v) is 8.85. The molecule has 118 valence electrons. The van der Waals surface area contributed by atoms with Crippen molar-refractivity contribution in [2.24, 2.45) is 10.3 Å². The molecule has 0 N–H and O–H groups in total. The first-order chi connectivity index (χ1) is 10.3. The topological polar surface area (TPSA) is 81.5 Å². The predicted octanol–water partition coefficient (Wildman–Crippen LogP) is 2.90. The lowest BCUT2D eigenvalue weighted by Crippen LogP contribution is -2.13. The summed E-state index contributed by atoms with van der Waals surface area (Å²) in [6, 6.07) is 7.54. The van der Waals surface area contributed by atoms with Crippen LogP contribution in [0.2, 0.25) is 0 Å². The Balaban J connectivity index is 2.42. The summed E-state index contributed by atoms with van der Waals surface area (Å²) in [6.07, 6.45) is 0. The van der Waals surface area contributed by atoms with Gasteiger partial charge in [0.15, 0.2) is 5.82 Å². The molecule has 0 saturated heterocycles. The van der Waals surface area contributed by atoms with Crippen molar-refractivity contribution in [1.82, 2.24) is 9.36 Å². The molecule has 0 radical (unpaired) electrons. The molecule has 0 aliphatic heterocycles. The van der Waals surface area contributed by atoms with E-state index in [1.54, 1.807) is 13.8 Å².